The molecule has 0 aromatic heterocycles. The second-order valence-corrected chi connectivity index (χ2v) is 5.10. The predicted octanol–water partition coefficient (Wildman–Crippen LogP) is 1.67. The Morgan fingerprint density at radius 1 is 1.40 bits per heavy atom. The Morgan fingerprint density at radius 2 is 2.15 bits per heavy atom. The molecular formula is C13H18ClN3O3. The van der Waals surface area contributed by atoms with Crippen molar-refractivity contribution in [1.82, 2.24) is 10.2 Å². The predicted molar refractivity (Wildman–Crippen MR) is 77.1 cm³/mol. The Bertz CT molecular complexity index is 464. The highest BCUT2D eigenvalue weighted by molar-refractivity contribution is 6.30. The Kier molecular flexibility index (Phi) is 5.72. The number of benzene rings is 1. The van der Waals surface area contributed by atoms with Gasteiger partial charge in [-0.1, -0.05) is 11.6 Å². The van der Waals surface area contributed by atoms with Crippen molar-refractivity contribution in [3.8, 4) is 0 Å². The molecule has 1 aromatic rings. The van der Waals surface area contributed by atoms with Gasteiger partial charge in [-0.05, 0) is 12.1 Å². The molecule has 2 rings (SSSR count). The van der Waals surface area contributed by atoms with E-state index in [1.165, 1.54) is 12.1 Å². The normalized spacial score (nSPS) is 16.2. The van der Waals surface area contributed by atoms with E-state index in [0.717, 1.165) is 39.4 Å². The maximum Gasteiger partial charge on any atom is 0.273 e. The van der Waals surface area contributed by atoms with Gasteiger partial charge in [-0.3, -0.25) is 15.0 Å². The van der Waals surface area contributed by atoms with E-state index in [2.05, 4.69) is 10.2 Å². The van der Waals surface area contributed by atoms with E-state index >= 15 is 0 Å². The molecule has 0 aliphatic carbocycles. The SMILES string of the molecule is O=[N+]([O-])c1ccc(Cl)cc1CNCCN1CCOCC1. The second-order valence-electron chi connectivity index (χ2n) is 4.66. The minimum Gasteiger partial charge on any atom is -0.379 e. The third kappa shape index (κ3) is 4.42. The molecule has 0 unspecified atom stereocenters. The maximum absolute atomic E-state index is 10.9. The molecule has 6 nitrogen and oxygen atoms in total. The average molecular weight is 300 g/mol. The highest BCUT2D eigenvalue weighted by Gasteiger charge is 2.14. The van der Waals surface area contributed by atoms with Crippen molar-refractivity contribution in [2.45, 2.75) is 6.54 Å². The van der Waals surface area contributed by atoms with Crippen LogP contribution in [0.3, 0.4) is 0 Å². The molecule has 110 valence electrons. The number of halogens is 1. The van der Waals surface area contributed by atoms with Crippen LogP contribution >= 0.6 is 11.6 Å². The molecule has 20 heavy (non-hydrogen) atoms. The standard InChI is InChI=1S/C13H18ClN3O3/c14-12-1-2-13(17(18)19)11(9-12)10-15-3-4-16-5-7-20-8-6-16/h1-2,9,15H,3-8,10H2. The van der Waals surface area contributed by atoms with Crippen LogP contribution in [-0.2, 0) is 11.3 Å². The Morgan fingerprint density at radius 3 is 2.85 bits per heavy atom. The lowest BCUT2D eigenvalue weighted by Gasteiger charge is -2.26. The topological polar surface area (TPSA) is 67.6 Å². The minimum absolute atomic E-state index is 0.105. The summed E-state index contributed by atoms with van der Waals surface area (Å²) in [5.74, 6) is 0. The summed E-state index contributed by atoms with van der Waals surface area (Å²) in [6, 6.07) is 4.62. The lowest BCUT2D eigenvalue weighted by Crippen LogP contribution is -2.40. The summed E-state index contributed by atoms with van der Waals surface area (Å²) in [5.41, 5.74) is 0.720. The van der Waals surface area contributed by atoms with Crippen LogP contribution in [0.15, 0.2) is 18.2 Å². The number of morpholine rings is 1. The third-order valence-electron chi connectivity index (χ3n) is 3.26. The second kappa shape index (κ2) is 7.54. The van der Waals surface area contributed by atoms with Crippen molar-refractivity contribution in [3.05, 3.63) is 38.9 Å². The zero-order valence-corrected chi connectivity index (χ0v) is 11.9. The van der Waals surface area contributed by atoms with Crippen LogP contribution < -0.4 is 5.32 Å². The van der Waals surface area contributed by atoms with Crippen molar-refractivity contribution in [3.63, 3.8) is 0 Å². The summed E-state index contributed by atoms with van der Waals surface area (Å²) in [5, 5.41) is 14.7. The molecule has 1 N–H and O–H groups in total. The van der Waals surface area contributed by atoms with Crippen LogP contribution in [0.1, 0.15) is 5.56 Å². The van der Waals surface area contributed by atoms with Crippen molar-refractivity contribution in [1.29, 1.82) is 0 Å². The number of nitrogens with zero attached hydrogens (tertiary/aromatic N) is 2. The molecule has 7 heteroatoms. The number of hydrogen-bond acceptors (Lipinski definition) is 5. The van der Waals surface area contributed by atoms with Gasteiger partial charge in [0, 0.05) is 49.4 Å². The van der Waals surface area contributed by atoms with Crippen molar-refractivity contribution in [2.24, 2.45) is 0 Å². The number of hydrogen-bond donors (Lipinski definition) is 1. The van der Waals surface area contributed by atoms with Gasteiger partial charge < -0.3 is 10.1 Å². The molecule has 1 fully saturated rings. The van der Waals surface area contributed by atoms with E-state index in [0.29, 0.717) is 17.1 Å². The van der Waals surface area contributed by atoms with Crippen LogP contribution in [-0.4, -0.2) is 49.2 Å². The molecule has 1 aliphatic heterocycles. The van der Waals surface area contributed by atoms with E-state index in [1.807, 2.05) is 0 Å². The summed E-state index contributed by atoms with van der Waals surface area (Å²) < 4.78 is 5.28. The quantitative estimate of drug-likeness (QED) is 0.492. The monoisotopic (exact) mass is 299 g/mol. The van der Waals surface area contributed by atoms with Gasteiger partial charge in [-0.25, -0.2) is 0 Å². The fourth-order valence-corrected chi connectivity index (χ4v) is 2.35. The number of nitrogens with one attached hydrogen (secondary N) is 1. The first-order chi connectivity index (χ1) is 9.66. The largest absolute Gasteiger partial charge is 0.379 e. The van der Waals surface area contributed by atoms with Crippen LogP contribution in [0.2, 0.25) is 5.02 Å². The number of nitro groups is 1. The lowest BCUT2D eigenvalue weighted by molar-refractivity contribution is -0.385. The van der Waals surface area contributed by atoms with E-state index in [1.54, 1.807) is 6.07 Å². The third-order valence-corrected chi connectivity index (χ3v) is 3.50. The molecule has 0 spiro atoms. The van der Waals surface area contributed by atoms with E-state index in [4.69, 9.17) is 16.3 Å². The fourth-order valence-electron chi connectivity index (χ4n) is 2.16. The summed E-state index contributed by atoms with van der Waals surface area (Å²) in [7, 11) is 0. The van der Waals surface area contributed by atoms with Gasteiger partial charge >= 0.3 is 0 Å². The van der Waals surface area contributed by atoms with Gasteiger partial charge in [0.25, 0.3) is 5.69 Å². The van der Waals surface area contributed by atoms with Crippen LogP contribution in [0, 0.1) is 10.1 Å². The summed E-state index contributed by atoms with van der Waals surface area (Å²) in [6.45, 7) is 5.58. The smallest absolute Gasteiger partial charge is 0.273 e. The van der Waals surface area contributed by atoms with Crippen molar-refractivity contribution in [2.75, 3.05) is 39.4 Å². The molecule has 0 radical (unpaired) electrons. The molecular weight excluding hydrogens is 282 g/mol. The molecule has 0 bridgehead atoms. The van der Waals surface area contributed by atoms with Gasteiger partial charge in [0.05, 0.1) is 18.1 Å². The van der Waals surface area contributed by atoms with Crippen LogP contribution in [0.4, 0.5) is 5.69 Å². The molecule has 0 amide bonds. The highest BCUT2D eigenvalue weighted by Crippen LogP contribution is 2.22. The van der Waals surface area contributed by atoms with E-state index in [9.17, 15) is 10.1 Å². The van der Waals surface area contributed by atoms with Crippen LogP contribution in [0.5, 0.6) is 0 Å². The molecule has 1 heterocycles. The van der Waals surface area contributed by atoms with Crippen molar-refractivity contribution >= 4 is 17.3 Å². The molecule has 1 saturated heterocycles. The van der Waals surface area contributed by atoms with Gasteiger partial charge in [-0.2, -0.15) is 0 Å². The first kappa shape index (κ1) is 15.2. The van der Waals surface area contributed by atoms with Crippen LogP contribution in [0.25, 0.3) is 0 Å². The average Bonchev–Trinajstić information content (AvgIpc) is 2.44. The van der Waals surface area contributed by atoms with Crippen molar-refractivity contribution < 1.29 is 9.66 Å². The van der Waals surface area contributed by atoms with Gasteiger partial charge in [0.2, 0.25) is 0 Å². The zero-order valence-electron chi connectivity index (χ0n) is 11.2. The molecule has 0 atom stereocenters. The number of ether oxygens (including phenoxy) is 1. The molecule has 1 aliphatic rings. The first-order valence-corrected chi connectivity index (χ1v) is 6.98. The Labute approximate surface area is 122 Å². The Balaban J connectivity index is 1.81. The van der Waals surface area contributed by atoms with Gasteiger partial charge in [0.1, 0.15) is 0 Å². The first-order valence-electron chi connectivity index (χ1n) is 6.60. The minimum atomic E-state index is -0.380. The molecule has 0 saturated carbocycles. The highest BCUT2D eigenvalue weighted by atomic mass is 35.5. The maximum atomic E-state index is 10.9. The lowest BCUT2D eigenvalue weighted by atomic mass is 10.2. The number of rotatable bonds is 6. The zero-order chi connectivity index (χ0) is 14.4. The van der Waals surface area contributed by atoms with Gasteiger partial charge in [-0.15, -0.1) is 0 Å². The summed E-state index contributed by atoms with van der Waals surface area (Å²) in [4.78, 5) is 12.9. The van der Waals surface area contributed by atoms with Gasteiger partial charge in [0.15, 0.2) is 0 Å². The fraction of sp³-hybridized carbons (Fsp3) is 0.538. The summed E-state index contributed by atoms with van der Waals surface area (Å²) in [6.07, 6.45) is 0. The molecule has 1 aromatic carbocycles. The van der Waals surface area contributed by atoms with E-state index in [-0.39, 0.29) is 10.6 Å². The van der Waals surface area contributed by atoms with E-state index < -0.39 is 0 Å². The summed E-state index contributed by atoms with van der Waals surface area (Å²) >= 11 is 5.88. The number of nitro benzene ring substituents is 1. The Hall–Kier alpha value is -1.21.